The van der Waals surface area contributed by atoms with Gasteiger partial charge in [-0.25, -0.2) is 4.39 Å². The van der Waals surface area contributed by atoms with Crippen LogP contribution in [0.5, 0.6) is 6.01 Å². The van der Waals surface area contributed by atoms with E-state index in [1.165, 1.54) is 0 Å². The van der Waals surface area contributed by atoms with Crippen molar-refractivity contribution in [2.75, 3.05) is 62.7 Å². The van der Waals surface area contributed by atoms with E-state index in [2.05, 4.69) is 40.6 Å². The fourth-order valence-corrected chi connectivity index (χ4v) is 6.81. The van der Waals surface area contributed by atoms with Crippen molar-refractivity contribution < 1.29 is 13.9 Å². The first-order valence-electron chi connectivity index (χ1n) is 14.7. The van der Waals surface area contributed by atoms with Gasteiger partial charge in [0.1, 0.15) is 11.6 Å². The van der Waals surface area contributed by atoms with Gasteiger partial charge in [-0.15, -0.1) is 0 Å². The number of carbonyl (C=O) groups is 1. The first-order chi connectivity index (χ1) is 20.8. The Kier molecular flexibility index (Phi) is 8.37. The van der Waals surface area contributed by atoms with Crippen LogP contribution in [-0.4, -0.2) is 84.6 Å². The van der Waals surface area contributed by atoms with Gasteiger partial charge in [-0.1, -0.05) is 42.4 Å². The highest BCUT2D eigenvalue weighted by Gasteiger charge is 2.33. The van der Waals surface area contributed by atoms with Crippen LogP contribution in [0.3, 0.4) is 0 Å². The van der Waals surface area contributed by atoms with Crippen LogP contribution in [0.1, 0.15) is 24.1 Å². The first-order valence-corrected chi connectivity index (χ1v) is 15.1. The highest BCUT2D eigenvalue weighted by Crippen LogP contribution is 2.37. The third-order valence-corrected chi connectivity index (χ3v) is 8.99. The smallest absolute Gasteiger partial charge is 0.318 e. The predicted molar refractivity (Wildman–Crippen MR) is 165 cm³/mol. The van der Waals surface area contributed by atoms with Crippen molar-refractivity contribution in [3.63, 3.8) is 0 Å². The molecule has 2 aromatic carbocycles. The molecular formula is C32H35ClFN7O2. The zero-order valence-electron chi connectivity index (χ0n) is 24.3. The summed E-state index contributed by atoms with van der Waals surface area (Å²) in [7, 11) is 1.81. The molecule has 3 aliphatic rings. The van der Waals surface area contributed by atoms with Crippen LogP contribution in [-0.2, 0) is 17.8 Å². The summed E-state index contributed by atoms with van der Waals surface area (Å²) in [5, 5.41) is 12.3. The summed E-state index contributed by atoms with van der Waals surface area (Å²) in [6, 6.07) is 14.5. The Bertz CT molecular complexity index is 1590. The molecule has 0 bridgehead atoms. The van der Waals surface area contributed by atoms with E-state index in [9.17, 15) is 14.4 Å². The molecule has 1 aromatic heterocycles. The normalized spacial score (nSPS) is 20.8. The second-order valence-electron chi connectivity index (χ2n) is 11.6. The van der Waals surface area contributed by atoms with E-state index in [1.807, 2.05) is 23.1 Å². The standard InChI is InChI=1S/C32H35ClFN7O2/c1-21(34)16-39-13-14-41(18-24(39)9-11-35)31-25-10-12-40(28-8-4-6-23-5-3-7-26(33)30(23)28)19-27(25)36-32(37-31)43-20-22-15-29(42)38(2)17-22/h3-8,22,24H,1,9-10,12-20H2,2H3/t22?,24-/m0/s1. The van der Waals surface area contributed by atoms with E-state index < -0.39 is 5.83 Å². The molecule has 1 amide bonds. The summed E-state index contributed by atoms with van der Waals surface area (Å²) in [4.78, 5) is 30.1. The zero-order valence-corrected chi connectivity index (χ0v) is 25.1. The number of ether oxygens (including phenoxy) is 1. The summed E-state index contributed by atoms with van der Waals surface area (Å²) in [5.74, 6) is 0.586. The minimum atomic E-state index is -0.406. The molecule has 43 heavy (non-hydrogen) atoms. The number of amides is 1. The number of nitrogens with zero attached hydrogens (tertiary/aromatic N) is 7. The summed E-state index contributed by atoms with van der Waals surface area (Å²) in [6.45, 7) is 7.60. The molecular weight excluding hydrogens is 569 g/mol. The second kappa shape index (κ2) is 12.3. The molecule has 0 aliphatic carbocycles. The largest absolute Gasteiger partial charge is 0.463 e. The van der Waals surface area contributed by atoms with Gasteiger partial charge in [-0.2, -0.15) is 15.2 Å². The molecule has 9 nitrogen and oxygen atoms in total. The molecule has 2 saturated heterocycles. The van der Waals surface area contributed by atoms with Crippen LogP contribution in [0.15, 0.2) is 48.8 Å². The number of likely N-dealkylation sites (tertiary alicyclic amines) is 1. The quantitative estimate of drug-likeness (QED) is 0.369. The van der Waals surface area contributed by atoms with E-state index in [-0.39, 0.29) is 36.8 Å². The lowest BCUT2D eigenvalue weighted by Crippen LogP contribution is -2.54. The third-order valence-electron chi connectivity index (χ3n) is 8.67. The van der Waals surface area contributed by atoms with Gasteiger partial charge in [-0.3, -0.25) is 9.69 Å². The second-order valence-corrected chi connectivity index (χ2v) is 12.1. The molecule has 3 aliphatic heterocycles. The van der Waals surface area contributed by atoms with Gasteiger partial charge in [0.15, 0.2) is 0 Å². The highest BCUT2D eigenvalue weighted by atomic mass is 35.5. The molecule has 0 radical (unpaired) electrons. The maximum Gasteiger partial charge on any atom is 0.318 e. The molecule has 0 N–H and O–H groups in total. The van der Waals surface area contributed by atoms with Crippen molar-refractivity contribution in [2.45, 2.75) is 31.8 Å². The van der Waals surface area contributed by atoms with Gasteiger partial charge in [0.05, 0.1) is 42.9 Å². The average molecular weight is 604 g/mol. The van der Waals surface area contributed by atoms with Crippen LogP contribution >= 0.6 is 11.6 Å². The van der Waals surface area contributed by atoms with E-state index in [4.69, 9.17) is 26.3 Å². The minimum Gasteiger partial charge on any atom is -0.463 e. The average Bonchev–Trinajstić information content (AvgIpc) is 3.32. The lowest BCUT2D eigenvalue weighted by Gasteiger charge is -2.42. The number of fused-ring (bicyclic) bond motifs is 2. The molecule has 2 atom stereocenters. The van der Waals surface area contributed by atoms with Crippen molar-refractivity contribution >= 4 is 39.8 Å². The molecule has 6 rings (SSSR count). The molecule has 224 valence electrons. The van der Waals surface area contributed by atoms with Gasteiger partial charge in [0.25, 0.3) is 0 Å². The van der Waals surface area contributed by atoms with Crippen molar-refractivity contribution in [1.82, 2.24) is 19.8 Å². The molecule has 0 saturated carbocycles. The van der Waals surface area contributed by atoms with E-state index in [0.717, 1.165) is 46.5 Å². The Hall–Kier alpha value is -3.94. The summed E-state index contributed by atoms with van der Waals surface area (Å²) >= 11 is 6.68. The van der Waals surface area contributed by atoms with Crippen LogP contribution in [0.4, 0.5) is 15.9 Å². The van der Waals surface area contributed by atoms with E-state index in [1.54, 1.807) is 11.9 Å². The van der Waals surface area contributed by atoms with Gasteiger partial charge in [0, 0.05) is 74.8 Å². The number of hydrogen-bond acceptors (Lipinski definition) is 8. The van der Waals surface area contributed by atoms with Crippen LogP contribution in [0, 0.1) is 17.2 Å². The van der Waals surface area contributed by atoms with Crippen LogP contribution in [0.25, 0.3) is 10.8 Å². The SMILES string of the molecule is C=C(F)CN1CCN(c2nc(OCC3CC(=O)N(C)C3)nc3c2CCN(c2cccc4cccc(Cl)c24)C3)C[C@@H]1CC#N. The number of carbonyl (C=O) groups excluding carboxylic acids is 1. The molecule has 11 heteroatoms. The lowest BCUT2D eigenvalue weighted by atomic mass is 10.0. The summed E-state index contributed by atoms with van der Waals surface area (Å²) < 4.78 is 19.9. The van der Waals surface area contributed by atoms with Gasteiger partial charge in [-0.05, 0) is 23.9 Å². The summed E-state index contributed by atoms with van der Waals surface area (Å²) in [5.41, 5.74) is 2.99. The zero-order chi connectivity index (χ0) is 30.1. The first kappa shape index (κ1) is 29.1. The number of nitriles is 1. The number of benzene rings is 2. The van der Waals surface area contributed by atoms with E-state index >= 15 is 0 Å². The maximum atomic E-state index is 13.8. The Morgan fingerprint density at radius 3 is 2.72 bits per heavy atom. The Morgan fingerprint density at radius 1 is 1.16 bits per heavy atom. The van der Waals surface area contributed by atoms with Crippen LogP contribution < -0.4 is 14.5 Å². The van der Waals surface area contributed by atoms with E-state index in [0.29, 0.717) is 50.8 Å². The lowest BCUT2D eigenvalue weighted by molar-refractivity contribution is -0.126. The molecule has 4 heterocycles. The van der Waals surface area contributed by atoms with Crippen molar-refractivity contribution in [1.29, 1.82) is 5.26 Å². The number of halogens is 2. The predicted octanol–water partition coefficient (Wildman–Crippen LogP) is 4.59. The summed E-state index contributed by atoms with van der Waals surface area (Å²) in [6.07, 6.45) is 1.44. The highest BCUT2D eigenvalue weighted by molar-refractivity contribution is 6.36. The monoisotopic (exact) mass is 603 g/mol. The van der Waals surface area contributed by atoms with Crippen molar-refractivity contribution in [3.8, 4) is 12.1 Å². The van der Waals surface area contributed by atoms with Gasteiger partial charge < -0.3 is 19.4 Å². The maximum absolute atomic E-state index is 13.8. The molecule has 3 aromatic rings. The Morgan fingerprint density at radius 2 is 1.98 bits per heavy atom. The number of hydrogen-bond donors (Lipinski definition) is 0. The molecule has 0 spiro atoms. The Balaban J connectivity index is 1.32. The number of rotatable bonds is 8. The molecule has 2 fully saturated rings. The number of anilines is 2. The van der Waals surface area contributed by atoms with Gasteiger partial charge in [0.2, 0.25) is 5.91 Å². The van der Waals surface area contributed by atoms with Gasteiger partial charge >= 0.3 is 6.01 Å². The van der Waals surface area contributed by atoms with Crippen molar-refractivity contribution in [3.05, 3.63) is 65.1 Å². The minimum absolute atomic E-state index is 0.0762. The Labute approximate surface area is 256 Å². The topological polar surface area (TPSA) is 88.8 Å². The fraction of sp³-hybridized carbons (Fsp3) is 0.438. The number of piperazine rings is 1. The number of aromatic nitrogens is 2. The van der Waals surface area contributed by atoms with Crippen molar-refractivity contribution in [2.24, 2.45) is 5.92 Å². The van der Waals surface area contributed by atoms with Crippen LogP contribution in [0.2, 0.25) is 5.02 Å². The third kappa shape index (κ3) is 6.10. The molecule has 1 unspecified atom stereocenters. The fourth-order valence-electron chi connectivity index (χ4n) is 6.53.